The summed E-state index contributed by atoms with van der Waals surface area (Å²) in [4.78, 5) is 19.6. The number of aromatic nitrogens is 2. The van der Waals surface area contributed by atoms with Crippen molar-refractivity contribution in [1.82, 2.24) is 15.3 Å². The first-order valence-corrected chi connectivity index (χ1v) is 8.18. The molecule has 25 heavy (non-hydrogen) atoms. The number of H-pyrrole nitrogens is 1. The van der Waals surface area contributed by atoms with Gasteiger partial charge in [-0.1, -0.05) is 18.2 Å². The zero-order valence-electron chi connectivity index (χ0n) is 14.0. The van der Waals surface area contributed by atoms with Crippen LogP contribution >= 0.6 is 0 Å². The van der Waals surface area contributed by atoms with Gasteiger partial charge in [-0.25, -0.2) is 9.37 Å². The Hall–Kier alpha value is -2.89. The van der Waals surface area contributed by atoms with Gasteiger partial charge in [0.2, 0.25) is 5.91 Å². The average Bonchev–Trinajstić information content (AvgIpc) is 3.03. The molecule has 3 aromatic rings. The van der Waals surface area contributed by atoms with Crippen LogP contribution < -0.4 is 10.1 Å². The van der Waals surface area contributed by atoms with Crippen molar-refractivity contribution >= 4 is 16.9 Å². The van der Waals surface area contributed by atoms with Crippen LogP contribution in [-0.4, -0.2) is 29.5 Å². The van der Waals surface area contributed by atoms with E-state index in [-0.39, 0.29) is 11.7 Å². The van der Waals surface area contributed by atoms with Crippen LogP contribution in [0.5, 0.6) is 5.75 Å². The number of hydrogen-bond donors (Lipinski definition) is 2. The monoisotopic (exact) mass is 341 g/mol. The predicted octanol–water partition coefficient (Wildman–Crippen LogP) is 3.00. The third-order valence-corrected chi connectivity index (χ3v) is 3.98. The molecule has 0 fully saturated rings. The van der Waals surface area contributed by atoms with Crippen LogP contribution in [-0.2, 0) is 17.6 Å². The molecule has 6 heteroatoms. The second kappa shape index (κ2) is 7.79. The molecule has 0 spiro atoms. The zero-order chi connectivity index (χ0) is 17.6. The Morgan fingerprint density at radius 2 is 2.08 bits per heavy atom. The maximum Gasteiger partial charge on any atom is 0.220 e. The molecular formula is C19H20FN3O2. The highest BCUT2D eigenvalue weighted by molar-refractivity contribution is 5.76. The Kier molecular flexibility index (Phi) is 5.28. The molecule has 0 aliphatic rings. The van der Waals surface area contributed by atoms with Crippen molar-refractivity contribution in [2.75, 3.05) is 13.7 Å². The molecule has 1 amide bonds. The lowest BCUT2D eigenvalue weighted by Crippen LogP contribution is -2.26. The fourth-order valence-electron chi connectivity index (χ4n) is 2.66. The number of rotatable bonds is 7. The summed E-state index contributed by atoms with van der Waals surface area (Å²) in [6.45, 7) is 0.510. The van der Waals surface area contributed by atoms with Gasteiger partial charge in [-0.15, -0.1) is 0 Å². The van der Waals surface area contributed by atoms with Gasteiger partial charge in [0.05, 0.1) is 18.1 Å². The largest absolute Gasteiger partial charge is 0.494 e. The third kappa shape index (κ3) is 4.35. The average molecular weight is 341 g/mol. The number of carbonyl (C=O) groups is 1. The first-order valence-electron chi connectivity index (χ1n) is 8.18. The lowest BCUT2D eigenvalue weighted by atomic mass is 10.1. The minimum absolute atomic E-state index is 0.0627. The normalized spacial score (nSPS) is 10.8. The third-order valence-electron chi connectivity index (χ3n) is 3.98. The van der Waals surface area contributed by atoms with Crippen LogP contribution in [0.1, 0.15) is 17.8 Å². The van der Waals surface area contributed by atoms with Crippen LogP contribution in [0.2, 0.25) is 0 Å². The summed E-state index contributed by atoms with van der Waals surface area (Å²) < 4.78 is 18.5. The van der Waals surface area contributed by atoms with E-state index in [1.165, 1.54) is 13.2 Å². The van der Waals surface area contributed by atoms with Crippen molar-refractivity contribution in [2.45, 2.75) is 19.3 Å². The Bertz CT molecular complexity index is 843. The molecule has 0 atom stereocenters. The van der Waals surface area contributed by atoms with Gasteiger partial charge in [0, 0.05) is 19.4 Å². The molecule has 0 radical (unpaired) electrons. The van der Waals surface area contributed by atoms with Gasteiger partial charge in [0.1, 0.15) is 5.82 Å². The van der Waals surface area contributed by atoms with Crippen molar-refractivity contribution in [1.29, 1.82) is 0 Å². The van der Waals surface area contributed by atoms with Crippen molar-refractivity contribution in [2.24, 2.45) is 0 Å². The molecule has 130 valence electrons. The number of nitrogens with zero attached hydrogens (tertiary/aromatic N) is 1. The molecule has 0 bridgehead atoms. The molecule has 2 aromatic carbocycles. The van der Waals surface area contributed by atoms with Crippen LogP contribution in [0.3, 0.4) is 0 Å². The standard InChI is InChI=1S/C19H20FN3O2/c1-25-17-8-6-13(12-14(17)20)7-9-19(24)21-11-10-18-22-15-4-2-3-5-16(15)23-18/h2-6,8,12H,7,9-11H2,1H3,(H,21,24)(H,22,23). The Balaban J connectivity index is 1.44. The van der Waals surface area contributed by atoms with E-state index in [4.69, 9.17) is 4.74 Å². The molecule has 3 rings (SSSR count). The topological polar surface area (TPSA) is 67.0 Å². The number of hydrogen-bond acceptors (Lipinski definition) is 3. The van der Waals surface area contributed by atoms with Crippen molar-refractivity contribution in [3.8, 4) is 5.75 Å². The molecule has 1 heterocycles. The minimum atomic E-state index is -0.412. The maximum absolute atomic E-state index is 13.6. The van der Waals surface area contributed by atoms with Crippen LogP contribution in [0.25, 0.3) is 11.0 Å². The molecule has 0 aliphatic heterocycles. The molecule has 0 unspecified atom stereocenters. The summed E-state index contributed by atoms with van der Waals surface area (Å²) in [5, 5.41) is 2.87. The van der Waals surface area contributed by atoms with E-state index in [0.717, 1.165) is 22.4 Å². The molecule has 0 aliphatic carbocycles. The van der Waals surface area contributed by atoms with E-state index in [0.29, 0.717) is 25.8 Å². The number of carbonyl (C=O) groups excluding carboxylic acids is 1. The fourth-order valence-corrected chi connectivity index (χ4v) is 2.66. The van der Waals surface area contributed by atoms with E-state index in [1.807, 2.05) is 24.3 Å². The summed E-state index contributed by atoms with van der Waals surface area (Å²) in [5.41, 5.74) is 2.68. The molecule has 1 aromatic heterocycles. The SMILES string of the molecule is COc1ccc(CCC(=O)NCCc2nc3ccccc3[nH]2)cc1F. The minimum Gasteiger partial charge on any atom is -0.494 e. The highest BCUT2D eigenvalue weighted by atomic mass is 19.1. The van der Waals surface area contributed by atoms with Gasteiger partial charge in [-0.2, -0.15) is 0 Å². The summed E-state index contributed by atoms with van der Waals surface area (Å²) in [6, 6.07) is 12.6. The summed E-state index contributed by atoms with van der Waals surface area (Å²) >= 11 is 0. The van der Waals surface area contributed by atoms with E-state index < -0.39 is 5.82 Å². The van der Waals surface area contributed by atoms with Crippen molar-refractivity contribution in [3.05, 3.63) is 59.7 Å². The molecular weight excluding hydrogens is 321 g/mol. The molecule has 0 saturated carbocycles. The number of nitrogens with one attached hydrogen (secondary N) is 2. The molecule has 2 N–H and O–H groups in total. The first kappa shape index (κ1) is 17.0. The Morgan fingerprint density at radius 3 is 2.84 bits per heavy atom. The zero-order valence-corrected chi connectivity index (χ0v) is 14.0. The van der Waals surface area contributed by atoms with E-state index in [9.17, 15) is 9.18 Å². The number of aryl methyl sites for hydroxylation is 1. The number of ether oxygens (including phenoxy) is 1. The first-order chi connectivity index (χ1) is 12.2. The number of para-hydroxylation sites is 2. The number of benzene rings is 2. The quantitative estimate of drug-likeness (QED) is 0.694. The summed E-state index contributed by atoms with van der Waals surface area (Å²) in [6.07, 6.45) is 1.43. The number of imidazole rings is 1. The van der Waals surface area contributed by atoms with E-state index >= 15 is 0 Å². The van der Waals surface area contributed by atoms with Gasteiger partial charge in [0.25, 0.3) is 0 Å². The second-order valence-electron chi connectivity index (χ2n) is 5.77. The predicted molar refractivity (Wildman–Crippen MR) is 94.1 cm³/mol. The van der Waals surface area contributed by atoms with Gasteiger partial charge in [-0.05, 0) is 36.2 Å². The number of fused-ring (bicyclic) bond motifs is 1. The lowest BCUT2D eigenvalue weighted by Gasteiger charge is -2.06. The molecule has 5 nitrogen and oxygen atoms in total. The van der Waals surface area contributed by atoms with E-state index in [1.54, 1.807) is 12.1 Å². The number of amides is 1. The Morgan fingerprint density at radius 1 is 1.24 bits per heavy atom. The fraction of sp³-hybridized carbons (Fsp3) is 0.263. The lowest BCUT2D eigenvalue weighted by molar-refractivity contribution is -0.121. The van der Waals surface area contributed by atoms with Crippen LogP contribution in [0, 0.1) is 5.82 Å². The number of halogens is 1. The van der Waals surface area contributed by atoms with Gasteiger partial charge >= 0.3 is 0 Å². The van der Waals surface area contributed by atoms with Crippen LogP contribution in [0.4, 0.5) is 4.39 Å². The second-order valence-corrected chi connectivity index (χ2v) is 5.77. The van der Waals surface area contributed by atoms with Gasteiger partial charge in [0.15, 0.2) is 11.6 Å². The van der Waals surface area contributed by atoms with E-state index in [2.05, 4.69) is 15.3 Å². The highest BCUT2D eigenvalue weighted by Crippen LogP contribution is 2.18. The molecule has 0 saturated heterocycles. The highest BCUT2D eigenvalue weighted by Gasteiger charge is 2.07. The summed E-state index contributed by atoms with van der Waals surface area (Å²) in [7, 11) is 1.42. The number of methoxy groups -OCH3 is 1. The number of aromatic amines is 1. The van der Waals surface area contributed by atoms with Crippen LogP contribution in [0.15, 0.2) is 42.5 Å². The van der Waals surface area contributed by atoms with Gasteiger partial charge < -0.3 is 15.0 Å². The summed E-state index contributed by atoms with van der Waals surface area (Å²) in [5.74, 6) is 0.579. The van der Waals surface area contributed by atoms with Gasteiger partial charge in [-0.3, -0.25) is 4.79 Å². The Labute approximate surface area is 145 Å². The maximum atomic E-state index is 13.6. The van der Waals surface area contributed by atoms with Crippen molar-refractivity contribution in [3.63, 3.8) is 0 Å². The smallest absolute Gasteiger partial charge is 0.220 e. The van der Waals surface area contributed by atoms with Crippen molar-refractivity contribution < 1.29 is 13.9 Å².